The lowest BCUT2D eigenvalue weighted by atomic mass is 9.83. The number of benzene rings is 8. The number of hydrogen-bond donors (Lipinski definition) is 0. The third-order valence-electron chi connectivity index (χ3n) is 8.01. The molecule has 38 heavy (non-hydrogen) atoms. The minimum atomic E-state index is 1.25. The molecule has 0 atom stereocenters. The average molecular weight is 481 g/mol. The van der Waals surface area contributed by atoms with Gasteiger partial charge >= 0.3 is 0 Å². The van der Waals surface area contributed by atoms with Crippen LogP contribution < -0.4 is 0 Å². The quantitative estimate of drug-likeness (QED) is 0.170. The second kappa shape index (κ2) is 8.30. The highest BCUT2D eigenvalue weighted by Crippen LogP contribution is 2.46. The fourth-order valence-electron chi connectivity index (χ4n) is 6.41. The summed E-state index contributed by atoms with van der Waals surface area (Å²) in [6, 6.07) is 53.3. The largest absolute Gasteiger partial charge is 0.0622 e. The molecule has 0 aliphatic rings. The highest BCUT2D eigenvalue weighted by molar-refractivity contribution is 6.31. The van der Waals surface area contributed by atoms with E-state index in [1.54, 1.807) is 0 Å². The Bertz CT molecular complexity index is 2000. The summed E-state index contributed by atoms with van der Waals surface area (Å²) in [7, 11) is 0. The first-order valence-electron chi connectivity index (χ1n) is 13.2. The Morgan fingerprint density at radius 1 is 0.211 bits per heavy atom. The van der Waals surface area contributed by atoms with E-state index in [1.165, 1.54) is 76.1 Å². The Labute approximate surface area is 221 Å². The second-order valence-corrected chi connectivity index (χ2v) is 10.1. The molecule has 0 unspecified atom stereocenters. The van der Waals surface area contributed by atoms with Crippen molar-refractivity contribution in [3.05, 3.63) is 146 Å². The summed E-state index contributed by atoms with van der Waals surface area (Å²) in [6.07, 6.45) is 0. The van der Waals surface area contributed by atoms with E-state index in [2.05, 4.69) is 146 Å². The molecule has 0 amide bonds. The van der Waals surface area contributed by atoms with Gasteiger partial charge in [-0.2, -0.15) is 0 Å². The average Bonchev–Trinajstić information content (AvgIpc) is 3.00. The maximum absolute atomic E-state index is 2.46. The first-order chi connectivity index (χ1) is 18.9. The summed E-state index contributed by atoms with van der Waals surface area (Å²) in [6.45, 7) is 0. The van der Waals surface area contributed by atoms with Crippen LogP contribution in [-0.2, 0) is 0 Å². The topological polar surface area (TPSA) is 0 Å². The summed E-state index contributed by atoms with van der Waals surface area (Å²) in [5.41, 5.74) is 5.10. The number of hydrogen-bond acceptors (Lipinski definition) is 0. The van der Waals surface area contributed by atoms with Crippen LogP contribution in [0.4, 0.5) is 0 Å². The van der Waals surface area contributed by atoms with Crippen molar-refractivity contribution in [2.24, 2.45) is 0 Å². The van der Waals surface area contributed by atoms with Crippen molar-refractivity contribution >= 4 is 53.9 Å². The van der Waals surface area contributed by atoms with Crippen molar-refractivity contribution in [3.63, 3.8) is 0 Å². The molecule has 0 fully saturated rings. The molecule has 0 saturated carbocycles. The number of fused-ring (bicyclic) bond motifs is 8. The molecule has 8 rings (SSSR count). The summed E-state index contributed by atoms with van der Waals surface area (Å²) in [4.78, 5) is 0. The van der Waals surface area contributed by atoms with Gasteiger partial charge in [0.25, 0.3) is 0 Å². The second-order valence-electron chi connectivity index (χ2n) is 10.1. The fourth-order valence-corrected chi connectivity index (χ4v) is 6.41. The van der Waals surface area contributed by atoms with Crippen molar-refractivity contribution in [1.82, 2.24) is 0 Å². The van der Waals surface area contributed by atoms with Crippen LogP contribution in [0.15, 0.2) is 146 Å². The van der Waals surface area contributed by atoms with Gasteiger partial charge in [-0.15, -0.1) is 0 Å². The molecular formula is C38H24. The van der Waals surface area contributed by atoms with Gasteiger partial charge < -0.3 is 0 Å². The smallest absolute Gasteiger partial charge is 0.00261 e. The molecule has 8 aromatic carbocycles. The third kappa shape index (κ3) is 3.04. The monoisotopic (exact) mass is 480 g/mol. The third-order valence-corrected chi connectivity index (χ3v) is 8.01. The van der Waals surface area contributed by atoms with E-state index in [0.717, 1.165) is 0 Å². The van der Waals surface area contributed by atoms with E-state index in [0.29, 0.717) is 0 Å². The molecule has 0 aromatic heterocycles. The standard InChI is InChI=1S/C38H24/c1-3-13-25(14-4-1)37-31-21-11-12-22-32(31)38(26-15-5-2-6-16-26)36-24-34-30-20-10-8-18-28(30)27-17-7-9-19-29(27)33(34)23-35(36)37/h1-24H. The summed E-state index contributed by atoms with van der Waals surface area (Å²) in [5, 5.41) is 13.0. The van der Waals surface area contributed by atoms with Crippen LogP contribution in [0.5, 0.6) is 0 Å². The summed E-state index contributed by atoms with van der Waals surface area (Å²) in [5.74, 6) is 0. The predicted octanol–water partition coefficient (Wildman–Crippen LogP) is 10.8. The Morgan fingerprint density at radius 2 is 0.500 bits per heavy atom. The minimum Gasteiger partial charge on any atom is -0.0622 e. The van der Waals surface area contributed by atoms with E-state index in [-0.39, 0.29) is 0 Å². The van der Waals surface area contributed by atoms with Gasteiger partial charge in [-0.3, -0.25) is 0 Å². The minimum absolute atomic E-state index is 1.25. The summed E-state index contributed by atoms with van der Waals surface area (Å²) >= 11 is 0. The molecule has 8 aromatic rings. The van der Waals surface area contributed by atoms with Crippen molar-refractivity contribution < 1.29 is 0 Å². The lowest BCUT2D eigenvalue weighted by Gasteiger charge is -2.20. The Kier molecular flexibility index (Phi) is 4.62. The van der Waals surface area contributed by atoms with E-state index in [1.807, 2.05) is 0 Å². The van der Waals surface area contributed by atoms with Crippen LogP contribution in [0.25, 0.3) is 76.1 Å². The van der Waals surface area contributed by atoms with E-state index in [4.69, 9.17) is 0 Å². The van der Waals surface area contributed by atoms with Crippen LogP contribution in [0.1, 0.15) is 0 Å². The zero-order valence-electron chi connectivity index (χ0n) is 20.9. The maximum atomic E-state index is 2.46. The molecule has 0 heteroatoms. The molecule has 0 N–H and O–H groups in total. The van der Waals surface area contributed by atoms with Crippen molar-refractivity contribution in [1.29, 1.82) is 0 Å². The van der Waals surface area contributed by atoms with Gasteiger partial charge in [-0.25, -0.2) is 0 Å². The first-order valence-corrected chi connectivity index (χ1v) is 13.2. The van der Waals surface area contributed by atoms with Gasteiger partial charge in [0.05, 0.1) is 0 Å². The molecule has 0 bridgehead atoms. The molecule has 176 valence electrons. The van der Waals surface area contributed by atoms with Crippen molar-refractivity contribution in [2.75, 3.05) is 0 Å². The van der Waals surface area contributed by atoms with E-state index >= 15 is 0 Å². The SMILES string of the molecule is c1ccc(-c2c3ccccc3c(-c3ccccc3)c3cc4c5ccccc5c5ccccc5c4cc23)cc1. The van der Waals surface area contributed by atoms with E-state index < -0.39 is 0 Å². The number of rotatable bonds is 2. The highest BCUT2D eigenvalue weighted by atomic mass is 14.2. The molecule has 0 radical (unpaired) electrons. The zero-order valence-corrected chi connectivity index (χ0v) is 20.9. The van der Waals surface area contributed by atoms with Gasteiger partial charge in [0, 0.05) is 0 Å². The van der Waals surface area contributed by atoms with Crippen LogP contribution >= 0.6 is 0 Å². The van der Waals surface area contributed by atoms with Gasteiger partial charge in [-0.1, -0.05) is 133 Å². The normalized spacial score (nSPS) is 11.7. The van der Waals surface area contributed by atoms with Gasteiger partial charge in [0.1, 0.15) is 0 Å². The maximum Gasteiger partial charge on any atom is -0.00261 e. The zero-order chi connectivity index (χ0) is 25.1. The van der Waals surface area contributed by atoms with Crippen LogP contribution in [0.3, 0.4) is 0 Å². The van der Waals surface area contributed by atoms with Gasteiger partial charge in [0.2, 0.25) is 0 Å². The first kappa shape index (κ1) is 21.2. The fraction of sp³-hybridized carbons (Fsp3) is 0. The molecular weight excluding hydrogens is 456 g/mol. The molecule has 0 aliphatic carbocycles. The van der Waals surface area contributed by atoms with Crippen molar-refractivity contribution in [3.8, 4) is 22.3 Å². The van der Waals surface area contributed by atoms with Crippen LogP contribution in [0, 0.1) is 0 Å². The van der Waals surface area contributed by atoms with Crippen LogP contribution in [0.2, 0.25) is 0 Å². The molecule has 0 saturated heterocycles. The highest BCUT2D eigenvalue weighted by Gasteiger charge is 2.19. The lowest BCUT2D eigenvalue weighted by Crippen LogP contribution is -1.92. The molecule has 0 nitrogen and oxygen atoms in total. The molecule has 0 heterocycles. The van der Waals surface area contributed by atoms with Crippen LogP contribution in [-0.4, -0.2) is 0 Å². The van der Waals surface area contributed by atoms with Crippen molar-refractivity contribution in [2.45, 2.75) is 0 Å². The molecule has 0 spiro atoms. The lowest BCUT2D eigenvalue weighted by molar-refractivity contribution is 1.66. The molecule has 0 aliphatic heterocycles. The van der Waals surface area contributed by atoms with Gasteiger partial charge in [-0.05, 0) is 88.2 Å². The Morgan fingerprint density at radius 3 is 0.868 bits per heavy atom. The summed E-state index contributed by atoms with van der Waals surface area (Å²) < 4.78 is 0. The Hall–Kier alpha value is -4.94. The predicted molar refractivity (Wildman–Crippen MR) is 165 cm³/mol. The Balaban J connectivity index is 1.69. The van der Waals surface area contributed by atoms with Gasteiger partial charge in [0.15, 0.2) is 0 Å². The van der Waals surface area contributed by atoms with E-state index in [9.17, 15) is 0 Å².